The maximum atomic E-state index is 5.89. The molecule has 4 rings (SSSR count). The fourth-order valence-corrected chi connectivity index (χ4v) is 3.28. The number of imidazole rings is 1. The van der Waals surface area contributed by atoms with Crippen LogP contribution in [0.25, 0.3) is 17.3 Å². The Morgan fingerprint density at radius 2 is 1.71 bits per heavy atom. The summed E-state index contributed by atoms with van der Waals surface area (Å²) in [6, 6.07) is 16.2. The predicted octanol–water partition coefficient (Wildman–Crippen LogP) is 4.92. The zero-order valence-corrected chi connectivity index (χ0v) is 16.8. The molecule has 2 aromatic heterocycles. The molecular weight excluding hydrogens is 350 g/mol. The molecule has 0 spiro atoms. The second-order valence-corrected chi connectivity index (χ2v) is 8.03. The van der Waals surface area contributed by atoms with E-state index in [1.807, 2.05) is 54.1 Å². The zero-order chi connectivity index (χ0) is 19.7. The van der Waals surface area contributed by atoms with E-state index in [9.17, 15) is 0 Å². The molecule has 0 amide bonds. The number of aromatic nitrogens is 3. The van der Waals surface area contributed by atoms with Crippen LogP contribution in [0.1, 0.15) is 37.9 Å². The highest BCUT2D eigenvalue weighted by Crippen LogP contribution is 2.32. The van der Waals surface area contributed by atoms with Crippen LogP contribution in [-0.4, -0.2) is 21.3 Å². The fourth-order valence-electron chi connectivity index (χ4n) is 3.28. The number of rotatable bonds is 4. The van der Waals surface area contributed by atoms with E-state index in [1.54, 1.807) is 0 Å². The minimum atomic E-state index is -0.168. The molecule has 0 N–H and O–H groups in total. The molecule has 0 bridgehead atoms. The molecule has 28 heavy (non-hydrogen) atoms. The van der Waals surface area contributed by atoms with E-state index in [2.05, 4.69) is 37.9 Å². The van der Waals surface area contributed by atoms with Crippen LogP contribution < -0.4 is 0 Å². The Morgan fingerprint density at radius 1 is 0.929 bits per heavy atom. The minimum absolute atomic E-state index is 0.168. The van der Waals surface area contributed by atoms with Crippen molar-refractivity contribution >= 4 is 5.88 Å². The van der Waals surface area contributed by atoms with Crippen molar-refractivity contribution in [1.29, 1.82) is 0 Å². The molecule has 0 saturated carbocycles. The van der Waals surface area contributed by atoms with Gasteiger partial charge in [-0.15, -0.1) is 0 Å². The fraction of sp³-hybridized carbons (Fsp3) is 0.304. The number of nitrogens with zero attached hydrogens (tertiary/aromatic N) is 3. The third-order valence-corrected chi connectivity index (χ3v) is 4.62. The highest BCUT2D eigenvalue weighted by molar-refractivity contribution is 5.58. The molecule has 5 heteroatoms. The number of benzene rings is 1. The number of aryl methyl sites for hydroxylation is 1. The van der Waals surface area contributed by atoms with Gasteiger partial charge in [-0.3, -0.25) is 9.55 Å². The monoisotopic (exact) mass is 375 g/mol. The molecule has 3 aromatic rings. The molecule has 0 saturated heterocycles. The first-order valence-electron chi connectivity index (χ1n) is 9.49. The van der Waals surface area contributed by atoms with Crippen molar-refractivity contribution in [3.63, 3.8) is 0 Å². The van der Waals surface area contributed by atoms with E-state index in [0.717, 1.165) is 28.7 Å². The molecule has 0 aliphatic carbocycles. The van der Waals surface area contributed by atoms with Crippen molar-refractivity contribution in [1.82, 2.24) is 14.5 Å². The summed E-state index contributed by atoms with van der Waals surface area (Å²) in [6.07, 6.45) is 2.67. The maximum Gasteiger partial charge on any atom is 0.241 e. The van der Waals surface area contributed by atoms with E-state index in [-0.39, 0.29) is 12.2 Å². The van der Waals surface area contributed by atoms with Gasteiger partial charge in [-0.25, -0.2) is 4.98 Å². The van der Waals surface area contributed by atoms with E-state index in [1.165, 1.54) is 5.56 Å². The van der Waals surface area contributed by atoms with Crippen LogP contribution >= 0.6 is 0 Å². The number of ether oxygens (including phenoxy) is 2. The third kappa shape index (κ3) is 3.65. The standard InChI is InChI=1S/C23H25N3O2/c1-16-9-8-12-18(24-16)19-14-26(22(25-19)23(2,3)4)21-20(27-15-28-21)13-17-10-6-5-7-11-17/h5-12,14H,13,15H2,1-4H3. The third-order valence-electron chi connectivity index (χ3n) is 4.62. The van der Waals surface area contributed by atoms with Gasteiger partial charge < -0.3 is 9.47 Å². The van der Waals surface area contributed by atoms with Gasteiger partial charge >= 0.3 is 0 Å². The van der Waals surface area contributed by atoms with Crippen molar-refractivity contribution in [3.05, 3.63) is 77.6 Å². The van der Waals surface area contributed by atoms with Gasteiger partial charge in [0, 0.05) is 23.7 Å². The molecule has 1 aliphatic heterocycles. The number of hydrogen-bond donors (Lipinski definition) is 0. The summed E-state index contributed by atoms with van der Waals surface area (Å²) >= 11 is 0. The van der Waals surface area contributed by atoms with E-state index >= 15 is 0 Å². The Kier molecular flexibility index (Phi) is 4.67. The summed E-state index contributed by atoms with van der Waals surface area (Å²) < 4.78 is 13.7. The van der Waals surface area contributed by atoms with Gasteiger partial charge in [0.1, 0.15) is 11.5 Å². The first-order valence-corrected chi connectivity index (χ1v) is 9.49. The minimum Gasteiger partial charge on any atom is -0.456 e. The predicted molar refractivity (Wildman–Crippen MR) is 109 cm³/mol. The Morgan fingerprint density at radius 3 is 2.43 bits per heavy atom. The largest absolute Gasteiger partial charge is 0.456 e. The summed E-state index contributed by atoms with van der Waals surface area (Å²) in [5.74, 6) is 2.44. The van der Waals surface area contributed by atoms with Crippen LogP contribution in [0.5, 0.6) is 0 Å². The van der Waals surface area contributed by atoms with Gasteiger partial charge in [0.05, 0.1) is 5.69 Å². The smallest absolute Gasteiger partial charge is 0.241 e. The van der Waals surface area contributed by atoms with Crippen LogP contribution in [0.4, 0.5) is 0 Å². The van der Waals surface area contributed by atoms with Crippen LogP contribution in [0, 0.1) is 6.92 Å². The van der Waals surface area contributed by atoms with E-state index < -0.39 is 0 Å². The quantitative estimate of drug-likeness (QED) is 0.649. The summed E-state index contributed by atoms with van der Waals surface area (Å²) in [5, 5.41) is 0. The van der Waals surface area contributed by atoms with Gasteiger partial charge in [0.25, 0.3) is 0 Å². The van der Waals surface area contributed by atoms with Crippen molar-refractivity contribution in [3.8, 4) is 11.4 Å². The highest BCUT2D eigenvalue weighted by atomic mass is 16.7. The van der Waals surface area contributed by atoms with Gasteiger partial charge in [-0.05, 0) is 24.6 Å². The first-order chi connectivity index (χ1) is 13.4. The summed E-state index contributed by atoms with van der Waals surface area (Å²) in [6.45, 7) is 8.64. The average Bonchev–Trinajstić information content (AvgIpc) is 3.29. The molecular formula is C23H25N3O2. The van der Waals surface area contributed by atoms with Crippen LogP contribution in [0.2, 0.25) is 0 Å². The van der Waals surface area contributed by atoms with Gasteiger partial charge in [-0.2, -0.15) is 0 Å². The molecule has 5 nitrogen and oxygen atoms in total. The van der Waals surface area contributed by atoms with Gasteiger partial charge in [-0.1, -0.05) is 57.2 Å². The van der Waals surface area contributed by atoms with Crippen LogP contribution in [0.15, 0.2) is 60.5 Å². The second-order valence-electron chi connectivity index (χ2n) is 8.03. The van der Waals surface area contributed by atoms with Crippen molar-refractivity contribution < 1.29 is 9.47 Å². The molecule has 144 valence electrons. The SMILES string of the molecule is Cc1cccc(-c2cn(C3=C(Cc4ccccc4)OCO3)c(C(C)(C)C)n2)n1. The lowest BCUT2D eigenvalue weighted by molar-refractivity contribution is 0.0820. The molecule has 1 aromatic carbocycles. The zero-order valence-electron chi connectivity index (χ0n) is 16.8. The topological polar surface area (TPSA) is 49.2 Å². The molecule has 1 aliphatic rings. The normalized spacial score (nSPS) is 14.1. The van der Waals surface area contributed by atoms with Crippen molar-refractivity contribution in [2.24, 2.45) is 0 Å². The number of hydrogen-bond acceptors (Lipinski definition) is 4. The second kappa shape index (κ2) is 7.15. The van der Waals surface area contributed by atoms with Crippen molar-refractivity contribution in [2.75, 3.05) is 6.79 Å². The summed E-state index contributed by atoms with van der Waals surface area (Å²) in [5.41, 5.74) is 3.66. The summed E-state index contributed by atoms with van der Waals surface area (Å²) in [4.78, 5) is 9.54. The van der Waals surface area contributed by atoms with Gasteiger partial charge in [0.2, 0.25) is 12.7 Å². The lowest BCUT2D eigenvalue weighted by atomic mass is 9.95. The average molecular weight is 375 g/mol. The number of pyridine rings is 1. The Balaban J connectivity index is 1.80. The maximum absolute atomic E-state index is 5.89. The highest BCUT2D eigenvalue weighted by Gasteiger charge is 2.29. The molecule has 0 atom stereocenters. The lowest BCUT2D eigenvalue weighted by Gasteiger charge is -2.19. The van der Waals surface area contributed by atoms with Crippen LogP contribution in [0.3, 0.4) is 0 Å². The Labute approximate surface area is 165 Å². The molecule has 0 fully saturated rings. The Bertz CT molecular complexity index is 1010. The number of allylic oxidation sites excluding steroid dienone is 1. The van der Waals surface area contributed by atoms with Crippen molar-refractivity contribution in [2.45, 2.75) is 39.5 Å². The van der Waals surface area contributed by atoms with Crippen LogP contribution in [-0.2, 0) is 21.3 Å². The summed E-state index contributed by atoms with van der Waals surface area (Å²) in [7, 11) is 0. The molecule has 3 heterocycles. The van der Waals surface area contributed by atoms with E-state index in [4.69, 9.17) is 14.5 Å². The lowest BCUT2D eigenvalue weighted by Crippen LogP contribution is -2.19. The first kappa shape index (κ1) is 18.3. The molecule has 0 radical (unpaired) electrons. The van der Waals surface area contributed by atoms with Gasteiger partial charge in [0.15, 0.2) is 5.76 Å². The van der Waals surface area contributed by atoms with E-state index in [0.29, 0.717) is 12.3 Å². The molecule has 0 unspecified atom stereocenters. The Hall–Kier alpha value is -3.08.